The molecule has 1 unspecified atom stereocenters. The Kier molecular flexibility index (Phi) is 2.60. The van der Waals surface area contributed by atoms with Gasteiger partial charge in [0.15, 0.2) is 0 Å². The lowest BCUT2D eigenvalue weighted by molar-refractivity contribution is -0.197. The SMILES string of the molecule is CC1(C)CC(C(=O)NN)C(C)(C)N1O. The molecule has 1 aliphatic rings. The van der Waals surface area contributed by atoms with Gasteiger partial charge >= 0.3 is 0 Å². The van der Waals surface area contributed by atoms with E-state index in [-0.39, 0.29) is 17.4 Å². The Morgan fingerprint density at radius 3 is 2.29 bits per heavy atom. The molecule has 1 heterocycles. The van der Waals surface area contributed by atoms with Crippen LogP contribution in [0.25, 0.3) is 0 Å². The number of rotatable bonds is 1. The highest BCUT2D eigenvalue weighted by atomic mass is 16.5. The first kappa shape index (κ1) is 11.4. The van der Waals surface area contributed by atoms with E-state index in [9.17, 15) is 10.0 Å². The molecule has 5 heteroatoms. The largest absolute Gasteiger partial charge is 0.313 e. The number of nitrogens with one attached hydrogen (secondary N) is 1. The zero-order valence-electron chi connectivity index (χ0n) is 9.16. The molecule has 0 aromatic carbocycles. The Bertz CT molecular complexity index is 250. The number of hydroxylamine groups is 2. The highest BCUT2D eigenvalue weighted by Crippen LogP contribution is 2.43. The van der Waals surface area contributed by atoms with Crippen LogP contribution in [0.1, 0.15) is 34.1 Å². The van der Waals surface area contributed by atoms with E-state index in [2.05, 4.69) is 5.43 Å². The van der Waals surface area contributed by atoms with E-state index < -0.39 is 5.54 Å². The average molecular weight is 201 g/mol. The molecule has 1 saturated heterocycles. The van der Waals surface area contributed by atoms with Crippen molar-refractivity contribution in [1.82, 2.24) is 10.5 Å². The van der Waals surface area contributed by atoms with E-state index in [1.54, 1.807) is 0 Å². The summed E-state index contributed by atoms with van der Waals surface area (Å²) >= 11 is 0. The molecular weight excluding hydrogens is 182 g/mol. The highest BCUT2D eigenvalue weighted by molar-refractivity contribution is 5.80. The molecule has 1 rings (SSSR count). The van der Waals surface area contributed by atoms with Crippen molar-refractivity contribution in [2.75, 3.05) is 0 Å². The van der Waals surface area contributed by atoms with Crippen molar-refractivity contribution in [2.24, 2.45) is 11.8 Å². The van der Waals surface area contributed by atoms with Crippen LogP contribution in [0.4, 0.5) is 0 Å². The van der Waals surface area contributed by atoms with Gasteiger partial charge in [0.25, 0.3) is 0 Å². The second-order valence-electron chi connectivity index (χ2n) is 5.04. The third-order valence-electron chi connectivity index (χ3n) is 3.13. The number of carbonyl (C=O) groups excluding carboxylic acids is 1. The Hall–Kier alpha value is -0.650. The van der Waals surface area contributed by atoms with Crippen LogP contribution < -0.4 is 11.3 Å². The molecule has 0 saturated carbocycles. The Morgan fingerprint density at radius 1 is 1.50 bits per heavy atom. The van der Waals surface area contributed by atoms with Gasteiger partial charge in [-0.15, -0.1) is 0 Å². The molecule has 82 valence electrons. The molecule has 5 nitrogen and oxygen atoms in total. The van der Waals surface area contributed by atoms with Crippen LogP contribution in [0.15, 0.2) is 0 Å². The van der Waals surface area contributed by atoms with Crippen LogP contribution in [0.2, 0.25) is 0 Å². The summed E-state index contributed by atoms with van der Waals surface area (Å²) in [4.78, 5) is 11.5. The maximum atomic E-state index is 11.5. The lowest BCUT2D eigenvalue weighted by Gasteiger charge is -2.35. The van der Waals surface area contributed by atoms with Crippen LogP contribution in [0.5, 0.6) is 0 Å². The fourth-order valence-electron chi connectivity index (χ4n) is 2.28. The van der Waals surface area contributed by atoms with Crippen molar-refractivity contribution in [3.8, 4) is 0 Å². The lowest BCUT2D eigenvalue weighted by atomic mass is 9.86. The molecule has 0 bridgehead atoms. The van der Waals surface area contributed by atoms with Crippen molar-refractivity contribution in [1.29, 1.82) is 0 Å². The first-order valence-corrected chi connectivity index (χ1v) is 4.73. The van der Waals surface area contributed by atoms with E-state index in [1.807, 2.05) is 27.7 Å². The van der Waals surface area contributed by atoms with Crippen LogP contribution in [-0.2, 0) is 4.79 Å². The molecule has 0 radical (unpaired) electrons. The maximum absolute atomic E-state index is 11.5. The summed E-state index contributed by atoms with van der Waals surface area (Å²) in [6.45, 7) is 7.47. The van der Waals surface area contributed by atoms with Crippen molar-refractivity contribution < 1.29 is 10.0 Å². The number of hydrazine groups is 1. The van der Waals surface area contributed by atoms with Gasteiger partial charge in [0.05, 0.1) is 11.5 Å². The minimum Gasteiger partial charge on any atom is -0.313 e. The Balaban J connectivity index is 2.97. The minimum atomic E-state index is -0.576. The van der Waals surface area contributed by atoms with Crippen molar-refractivity contribution in [3.05, 3.63) is 0 Å². The topological polar surface area (TPSA) is 78.6 Å². The molecule has 14 heavy (non-hydrogen) atoms. The summed E-state index contributed by atoms with van der Waals surface area (Å²) < 4.78 is 0. The molecule has 1 fully saturated rings. The van der Waals surface area contributed by atoms with Crippen molar-refractivity contribution in [3.63, 3.8) is 0 Å². The van der Waals surface area contributed by atoms with Crippen LogP contribution >= 0.6 is 0 Å². The summed E-state index contributed by atoms with van der Waals surface area (Å²) in [5, 5.41) is 11.2. The maximum Gasteiger partial charge on any atom is 0.239 e. The zero-order valence-corrected chi connectivity index (χ0v) is 9.16. The smallest absolute Gasteiger partial charge is 0.239 e. The second kappa shape index (κ2) is 3.18. The number of hydrogen-bond acceptors (Lipinski definition) is 4. The van der Waals surface area contributed by atoms with Crippen molar-refractivity contribution in [2.45, 2.75) is 45.2 Å². The first-order chi connectivity index (χ1) is 6.23. The van der Waals surface area contributed by atoms with Gasteiger partial charge in [0.1, 0.15) is 0 Å². The molecular formula is C9H19N3O2. The molecule has 0 aliphatic carbocycles. The highest BCUT2D eigenvalue weighted by Gasteiger charge is 2.53. The van der Waals surface area contributed by atoms with E-state index >= 15 is 0 Å². The fourth-order valence-corrected chi connectivity index (χ4v) is 2.28. The quantitative estimate of drug-likeness (QED) is 0.323. The summed E-state index contributed by atoms with van der Waals surface area (Å²) in [7, 11) is 0. The van der Waals surface area contributed by atoms with E-state index in [0.29, 0.717) is 6.42 Å². The second-order valence-corrected chi connectivity index (χ2v) is 5.04. The average Bonchev–Trinajstić information content (AvgIpc) is 2.25. The van der Waals surface area contributed by atoms with Gasteiger partial charge in [-0.3, -0.25) is 10.2 Å². The van der Waals surface area contributed by atoms with Gasteiger partial charge in [-0.25, -0.2) is 5.84 Å². The van der Waals surface area contributed by atoms with Gasteiger partial charge in [0, 0.05) is 5.54 Å². The van der Waals surface area contributed by atoms with Gasteiger partial charge < -0.3 is 5.21 Å². The van der Waals surface area contributed by atoms with Crippen LogP contribution in [-0.4, -0.2) is 27.3 Å². The van der Waals surface area contributed by atoms with Gasteiger partial charge in [-0.05, 0) is 34.1 Å². The summed E-state index contributed by atoms with van der Waals surface area (Å²) in [5.41, 5.74) is 1.18. The predicted molar refractivity (Wildman–Crippen MR) is 52.2 cm³/mol. The molecule has 4 N–H and O–H groups in total. The minimum absolute atomic E-state index is 0.223. The number of hydrogen-bond donors (Lipinski definition) is 3. The van der Waals surface area contributed by atoms with Crippen LogP contribution in [0, 0.1) is 5.92 Å². The monoisotopic (exact) mass is 201 g/mol. The summed E-state index contributed by atoms with van der Waals surface area (Å²) in [6.07, 6.45) is 0.597. The molecule has 0 spiro atoms. The molecule has 0 aromatic heterocycles. The van der Waals surface area contributed by atoms with E-state index in [0.717, 1.165) is 0 Å². The van der Waals surface area contributed by atoms with E-state index in [1.165, 1.54) is 5.06 Å². The number of amides is 1. The Labute approximate surface area is 84.2 Å². The van der Waals surface area contributed by atoms with Crippen LogP contribution in [0.3, 0.4) is 0 Å². The molecule has 1 amide bonds. The fraction of sp³-hybridized carbons (Fsp3) is 0.889. The standard InChI is InChI=1S/C9H19N3O2/c1-8(2)5-6(7(13)11-10)9(3,4)12(8)14/h6,14H,5,10H2,1-4H3,(H,11,13). The molecule has 0 aromatic rings. The van der Waals surface area contributed by atoms with E-state index in [4.69, 9.17) is 5.84 Å². The van der Waals surface area contributed by atoms with Gasteiger partial charge in [-0.1, -0.05) is 0 Å². The van der Waals surface area contributed by atoms with Gasteiger partial charge in [0.2, 0.25) is 5.91 Å². The Morgan fingerprint density at radius 2 is 2.00 bits per heavy atom. The normalized spacial score (nSPS) is 30.3. The lowest BCUT2D eigenvalue weighted by Crippen LogP contribution is -2.50. The third-order valence-corrected chi connectivity index (χ3v) is 3.13. The summed E-state index contributed by atoms with van der Waals surface area (Å²) in [6, 6.07) is 0. The molecule has 1 aliphatic heterocycles. The summed E-state index contributed by atoms with van der Waals surface area (Å²) in [5.74, 6) is 4.60. The molecule has 1 atom stereocenters. The third kappa shape index (κ3) is 1.51. The zero-order chi connectivity index (χ0) is 11.1. The number of carbonyl (C=O) groups is 1. The number of nitrogens with zero attached hydrogens (tertiary/aromatic N) is 1. The van der Waals surface area contributed by atoms with Crippen molar-refractivity contribution >= 4 is 5.91 Å². The first-order valence-electron chi connectivity index (χ1n) is 4.73. The predicted octanol–water partition coefficient (Wildman–Crippen LogP) is 0.245. The van der Waals surface area contributed by atoms with Gasteiger partial charge in [-0.2, -0.15) is 5.06 Å². The number of nitrogens with two attached hydrogens (primary N) is 1.